The van der Waals surface area contributed by atoms with Gasteiger partial charge in [-0.3, -0.25) is 0 Å². The van der Waals surface area contributed by atoms with Crippen LogP contribution in [0.4, 0.5) is 0 Å². The number of carbonyl (C=O) groups is 1. The van der Waals surface area contributed by atoms with E-state index in [1.165, 1.54) is 19.3 Å². The van der Waals surface area contributed by atoms with Crippen LogP contribution in [-0.4, -0.2) is 17.7 Å². The van der Waals surface area contributed by atoms with Crippen molar-refractivity contribution in [3.8, 4) is 5.75 Å². The van der Waals surface area contributed by atoms with Gasteiger partial charge in [0.25, 0.3) is 0 Å². The number of aromatic carboxylic acids is 1. The molecule has 17 heavy (non-hydrogen) atoms. The molecule has 0 saturated heterocycles. The van der Waals surface area contributed by atoms with Crippen molar-refractivity contribution in [2.75, 3.05) is 6.61 Å². The summed E-state index contributed by atoms with van der Waals surface area (Å²) < 4.78 is 5.49. The molecule has 0 aliphatic heterocycles. The van der Waals surface area contributed by atoms with Crippen LogP contribution < -0.4 is 10.9 Å². The Morgan fingerprint density at radius 1 is 1.18 bits per heavy atom. The van der Waals surface area contributed by atoms with Gasteiger partial charge < -0.3 is 16.0 Å². The third-order valence-electron chi connectivity index (χ3n) is 2.37. The van der Waals surface area contributed by atoms with Gasteiger partial charge in [-0.25, -0.2) is 4.79 Å². The molecule has 0 aliphatic carbocycles. The highest BCUT2D eigenvalue weighted by Gasteiger charge is 2.01. The van der Waals surface area contributed by atoms with Crippen molar-refractivity contribution in [2.45, 2.75) is 32.6 Å². The van der Waals surface area contributed by atoms with E-state index in [9.17, 15) is 4.79 Å². The average Bonchev–Trinajstić information content (AvgIpc) is 2.29. The molecule has 1 aromatic carbocycles. The van der Waals surface area contributed by atoms with E-state index < -0.39 is 5.97 Å². The molecule has 0 unspecified atom stereocenters. The number of ether oxygens (including phenoxy) is 1. The third-order valence-corrected chi connectivity index (χ3v) is 2.37. The fraction of sp³-hybridized carbons (Fsp3) is 0.462. The Hall–Kier alpha value is -1.55. The van der Waals surface area contributed by atoms with Crippen LogP contribution in [0.2, 0.25) is 0 Å². The molecule has 4 N–H and O–H groups in total. The lowest BCUT2D eigenvalue weighted by Crippen LogP contribution is -1.99. The van der Waals surface area contributed by atoms with Gasteiger partial charge in [-0.05, 0) is 30.7 Å². The van der Waals surface area contributed by atoms with Gasteiger partial charge in [0, 0.05) is 0 Å². The molecule has 0 saturated carbocycles. The van der Waals surface area contributed by atoms with Crippen molar-refractivity contribution in [1.82, 2.24) is 6.15 Å². The van der Waals surface area contributed by atoms with Gasteiger partial charge in [0.05, 0.1) is 12.2 Å². The molecule has 0 fully saturated rings. The Kier molecular flexibility index (Phi) is 7.80. The molecular weight excluding hydrogens is 218 g/mol. The second-order valence-corrected chi connectivity index (χ2v) is 3.74. The van der Waals surface area contributed by atoms with E-state index in [1.807, 2.05) is 0 Å². The summed E-state index contributed by atoms with van der Waals surface area (Å²) in [5, 5.41) is 8.71. The Labute approximate surface area is 102 Å². The largest absolute Gasteiger partial charge is 0.494 e. The van der Waals surface area contributed by atoms with Crippen LogP contribution in [0.15, 0.2) is 24.3 Å². The first-order valence-corrected chi connectivity index (χ1v) is 5.70. The van der Waals surface area contributed by atoms with Crippen LogP contribution in [0.1, 0.15) is 43.0 Å². The maximum atomic E-state index is 10.6. The molecule has 1 rings (SSSR count). The van der Waals surface area contributed by atoms with E-state index in [1.54, 1.807) is 24.3 Å². The molecule has 0 radical (unpaired) electrons. The summed E-state index contributed by atoms with van der Waals surface area (Å²) in [6.07, 6.45) is 4.69. The summed E-state index contributed by atoms with van der Waals surface area (Å²) in [5.74, 6) is -0.170. The minimum atomic E-state index is -0.908. The number of unbranched alkanes of at least 4 members (excludes halogenated alkanes) is 3. The summed E-state index contributed by atoms with van der Waals surface area (Å²) in [6, 6.07) is 6.51. The van der Waals surface area contributed by atoms with Gasteiger partial charge in [0.15, 0.2) is 0 Å². The normalized spacial score (nSPS) is 9.47. The Morgan fingerprint density at radius 3 is 2.35 bits per heavy atom. The molecule has 0 spiro atoms. The first-order valence-electron chi connectivity index (χ1n) is 5.70. The van der Waals surface area contributed by atoms with Crippen molar-refractivity contribution in [2.24, 2.45) is 0 Å². The van der Waals surface area contributed by atoms with E-state index in [-0.39, 0.29) is 6.15 Å². The Balaban J connectivity index is 0.00000256. The fourth-order valence-corrected chi connectivity index (χ4v) is 1.41. The van der Waals surface area contributed by atoms with E-state index in [0.29, 0.717) is 12.2 Å². The number of hydrogen-bond acceptors (Lipinski definition) is 3. The maximum Gasteiger partial charge on any atom is 0.335 e. The molecule has 0 aliphatic rings. The fourth-order valence-electron chi connectivity index (χ4n) is 1.41. The highest BCUT2D eigenvalue weighted by atomic mass is 16.5. The van der Waals surface area contributed by atoms with Gasteiger partial charge in [0.1, 0.15) is 5.75 Å². The number of carboxylic acid groups (broad SMARTS) is 1. The monoisotopic (exact) mass is 239 g/mol. The second-order valence-electron chi connectivity index (χ2n) is 3.74. The lowest BCUT2D eigenvalue weighted by Gasteiger charge is -2.05. The summed E-state index contributed by atoms with van der Waals surface area (Å²) in [7, 11) is 0. The molecule has 4 nitrogen and oxygen atoms in total. The highest BCUT2D eigenvalue weighted by Crippen LogP contribution is 2.12. The third kappa shape index (κ3) is 5.92. The van der Waals surface area contributed by atoms with Crippen molar-refractivity contribution in [1.29, 1.82) is 0 Å². The number of carboxylic acids is 1. The van der Waals surface area contributed by atoms with E-state index in [2.05, 4.69) is 6.92 Å². The van der Waals surface area contributed by atoms with Gasteiger partial charge in [-0.15, -0.1) is 0 Å². The van der Waals surface area contributed by atoms with Crippen LogP contribution in [0.3, 0.4) is 0 Å². The minimum Gasteiger partial charge on any atom is -0.494 e. The topological polar surface area (TPSA) is 81.5 Å². The first kappa shape index (κ1) is 15.4. The molecule has 0 bridgehead atoms. The number of benzene rings is 1. The zero-order valence-electron chi connectivity index (χ0n) is 10.3. The second kappa shape index (κ2) is 8.58. The quantitative estimate of drug-likeness (QED) is 0.713. The number of hydrogen-bond donors (Lipinski definition) is 2. The number of rotatable bonds is 7. The van der Waals surface area contributed by atoms with Gasteiger partial charge >= 0.3 is 5.97 Å². The minimum absolute atomic E-state index is 0. The molecule has 96 valence electrons. The predicted molar refractivity (Wildman–Crippen MR) is 68.1 cm³/mol. The van der Waals surface area contributed by atoms with Crippen molar-refractivity contribution in [3.05, 3.63) is 29.8 Å². The highest BCUT2D eigenvalue weighted by molar-refractivity contribution is 5.87. The van der Waals surface area contributed by atoms with Crippen molar-refractivity contribution >= 4 is 5.97 Å². The van der Waals surface area contributed by atoms with Gasteiger partial charge in [-0.2, -0.15) is 0 Å². The zero-order chi connectivity index (χ0) is 11.8. The van der Waals surface area contributed by atoms with Crippen molar-refractivity contribution in [3.63, 3.8) is 0 Å². The summed E-state index contributed by atoms with van der Waals surface area (Å²) in [4.78, 5) is 10.6. The predicted octanol–water partition coefficient (Wildman–Crippen LogP) is 3.51. The van der Waals surface area contributed by atoms with Crippen LogP contribution >= 0.6 is 0 Å². The van der Waals surface area contributed by atoms with Crippen LogP contribution in [0.25, 0.3) is 0 Å². The molecule has 0 amide bonds. The summed E-state index contributed by atoms with van der Waals surface area (Å²) >= 11 is 0. The van der Waals surface area contributed by atoms with E-state index >= 15 is 0 Å². The molecule has 1 aromatic rings. The maximum absolute atomic E-state index is 10.6. The summed E-state index contributed by atoms with van der Waals surface area (Å²) in [5.41, 5.74) is 0.290. The summed E-state index contributed by atoms with van der Waals surface area (Å²) in [6.45, 7) is 2.87. The van der Waals surface area contributed by atoms with Crippen LogP contribution in [0, 0.1) is 0 Å². The SMILES string of the molecule is CCCCCCOc1ccc(C(=O)O)cc1.N. The lowest BCUT2D eigenvalue weighted by molar-refractivity contribution is 0.0697. The standard InChI is InChI=1S/C13H18O3.H3N/c1-2-3-4-5-10-16-12-8-6-11(7-9-12)13(14)15;/h6-9H,2-5,10H2,1H3,(H,14,15);1H3. The van der Waals surface area contributed by atoms with Gasteiger partial charge in [-0.1, -0.05) is 26.2 Å². The average molecular weight is 239 g/mol. The molecule has 0 aromatic heterocycles. The molecule has 4 heteroatoms. The van der Waals surface area contributed by atoms with Gasteiger partial charge in [0.2, 0.25) is 0 Å². The lowest BCUT2D eigenvalue weighted by atomic mass is 10.2. The Bertz CT molecular complexity index is 322. The first-order chi connectivity index (χ1) is 7.74. The smallest absolute Gasteiger partial charge is 0.335 e. The van der Waals surface area contributed by atoms with E-state index in [4.69, 9.17) is 9.84 Å². The molecule has 0 heterocycles. The van der Waals surface area contributed by atoms with Crippen LogP contribution in [-0.2, 0) is 0 Å². The van der Waals surface area contributed by atoms with E-state index in [0.717, 1.165) is 12.2 Å². The van der Waals surface area contributed by atoms with Crippen molar-refractivity contribution < 1.29 is 14.6 Å². The van der Waals surface area contributed by atoms with Crippen LogP contribution in [0.5, 0.6) is 5.75 Å². The molecule has 0 atom stereocenters. The zero-order valence-corrected chi connectivity index (χ0v) is 10.3. The molecular formula is C13H21NO3. The Morgan fingerprint density at radius 2 is 1.82 bits per heavy atom.